The number of hydrogen-bond acceptors (Lipinski definition) is 2. The van der Waals surface area contributed by atoms with E-state index in [1.165, 1.54) is 0 Å². The molecular weight excluding hydrogens is 202 g/mol. The minimum absolute atomic E-state index is 0.0156. The molecule has 2 aromatic rings. The number of fused-ring (bicyclic) bond motifs is 1. The van der Waals surface area contributed by atoms with Crippen LogP contribution < -0.4 is 5.32 Å². The van der Waals surface area contributed by atoms with Gasteiger partial charge in [0.15, 0.2) is 0 Å². The van der Waals surface area contributed by atoms with Gasteiger partial charge in [0.25, 0.3) is 0 Å². The van der Waals surface area contributed by atoms with Gasteiger partial charge in [-0.15, -0.1) is 0 Å². The summed E-state index contributed by atoms with van der Waals surface area (Å²) in [5.41, 5.74) is 2.07. The highest BCUT2D eigenvalue weighted by molar-refractivity contribution is 5.78. The van der Waals surface area contributed by atoms with Crippen LogP contribution >= 0.6 is 0 Å². The van der Waals surface area contributed by atoms with Gasteiger partial charge >= 0.3 is 0 Å². The molecular formula is C12H15N3O. The summed E-state index contributed by atoms with van der Waals surface area (Å²) in [7, 11) is 0. The molecule has 2 rings (SSSR count). The molecule has 2 heterocycles. The smallest absolute Gasteiger partial charge is 0.222 e. The Hall–Kier alpha value is -1.84. The van der Waals surface area contributed by atoms with Gasteiger partial charge in [0.2, 0.25) is 5.91 Å². The normalized spacial score (nSPS) is 10.9. The number of carbonyl (C=O) groups excluding carboxylic acids is 1. The molecule has 4 heteroatoms. The number of rotatable bonds is 3. The highest BCUT2D eigenvalue weighted by atomic mass is 16.1. The Bertz CT molecular complexity index is 502. The number of nitrogens with zero attached hydrogens (tertiary/aromatic N) is 2. The van der Waals surface area contributed by atoms with Crippen LogP contribution in [0.25, 0.3) is 5.52 Å². The second-order valence-electron chi connectivity index (χ2n) is 4.07. The first-order valence-corrected chi connectivity index (χ1v) is 5.37. The van der Waals surface area contributed by atoms with E-state index in [0.717, 1.165) is 11.1 Å². The zero-order chi connectivity index (χ0) is 11.5. The van der Waals surface area contributed by atoms with Crippen molar-refractivity contribution in [3.63, 3.8) is 0 Å². The number of pyridine rings is 1. The van der Waals surface area contributed by atoms with Gasteiger partial charge < -0.3 is 5.32 Å². The lowest BCUT2D eigenvalue weighted by Gasteiger charge is -2.06. The molecule has 2 aromatic heterocycles. The van der Waals surface area contributed by atoms with Crippen molar-refractivity contribution < 1.29 is 4.79 Å². The van der Waals surface area contributed by atoms with Gasteiger partial charge in [-0.25, -0.2) is 4.52 Å². The van der Waals surface area contributed by atoms with Crippen LogP contribution in [0.3, 0.4) is 0 Å². The van der Waals surface area contributed by atoms with E-state index in [9.17, 15) is 4.79 Å². The molecule has 0 saturated carbocycles. The predicted molar refractivity (Wildman–Crippen MR) is 61.9 cm³/mol. The van der Waals surface area contributed by atoms with E-state index in [-0.39, 0.29) is 11.8 Å². The van der Waals surface area contributed by atoms with Crippen LogP contribution in [0.2, 0.25) is 0 Å². The van der Waals surface area contributed by atoms with Crippen molar-refractivity contribution in [2.45, 2.75) is 20.4 Å². The summed E-state index contributed by atoms with van der Waals surface area (Å²) in [4.78, 5) is 11.4. The average Bonchev–Trinajstić information content (AvgIpc) is 2.69. The largest absolute Gasteiger partial charge is 0.352 e. The molecule has 16 heavy (non-hydrogen) atoms. The Morgan fingerprint density at radius 3 is 3.06 bits per heavy atom. The fourth-order valence-corrected chi connectivity index (χ4v) is 1.51. The first-order chi connectivity index (χ1) is 7.68. The van der Waals surface area contributed by atoms with Crippen LogP contribution in [0.4, 0.5) is 0 Å². The molecule has 0 aliphatic carbocycles. The molecule has 84 valence electrons. The van der Waals surface area contributed by atoms with E-state index in [0.29, 0.717) is 6.54 Å². The molecule has 1 N–H and O–H groups in total. The van der Waals surface area contributed by atoms with Gasteiger partial charge in [-0.2, -0.15) is 5.10 Å². The Morgan fingerprint density at radius 1 is 1.50 bits per heavy atom. The van der Waals surface area contributed by atoms with E-state index in [2.05, 4.69) is 10.4 Å². The molecule has 0 spiro atoms. The highest BCUT2D eigenvalue weighted by Crippen LogP contribution is 2.09. The standard InChI is InChI=1S/C12H15N3O/c1-9(2)12(16)13-7-10-8-14-15-6-4-3-5-11(10)15/h3-6,8-9H,7H2,1-2H3,(H,13,16). The minimum atomic E-state index is 0.0156. The van der Waals surface area contributed by atoms with Crippen molar-refractivity contribution in [2.75, 3.05) is 0 Å². The molecule has 0 atom stereocenters. The van der Waals surface area contributed by atoms with Crippen molar-refractivity contribution in [3.05, 3.63) is 36.2 Å². The van der Waals surface area contributed by atoms with Gasteiger partial charge in [0.1, 0.15) is 0 Å². The van der Waals surface area contributed by atoms with E-state index in [1.807, 2.05) is 38.2 Å². The molecule has 0 aliphatic rings. The molecule has 0 unspecified atom stereocenters. The van der Waals surface area contributed by atoms with Gasteiger partial charge in [-0.3, -0.25) is 4.79 Å². The van der Waals surface area contributed by atoms with Crippen LogP contribution in [0.1, 0.15) is 19.4 Å². The molecule has 0 bridgehead atoms. The Labute approximate surface area is 94.3 Å². The third-order valence-electron chi connectivity index (χ3n) is 2.48. The molecule has 0 fully saturated rings. The second kappa shape index (κ2) is 4.35. The SMILES string of the molecule is CC(C)C(=O)NCc1cnn2ccccc12. The lowest BCUT2D eigenvalue weighted by atomic mass is 10.2. The van der Waals surface area contributed by atoms with Crippen LogP contribution in [-0.4, -0.2) is 15.5 Å². The average molecular weight is 217 g/mol. The van der Waals surface area contributed by atoms with Crippen molar-refractivity contribution in [1.82, 2.24) is 14.9 Å². The van der Waals surface area contributed by atoms with Crippen molar-refractivity contribution in [1.29, 1.82) is 0 Å². The molecule has 1 amide bonds. The van der Waals surface area contributed by atoms with E-state index in [4.69, 9.17) is 0 Å². The summed E-state index contributed by atoms with van der Waals surface area (Å²) in [6, 6.07) is 5.88. The lowest BCUT2D eigenvalue weighted by molar-refractivity contribution is -0.124. The van der Waals surface area contributed by atoms with Crippen LogP contribution in [0.15, 0.2) is 30.6 Å². The number of hydrogen-bond donors (Lipinski definition) is 1. The minimum Gasteiger partial charge on any atom is -0.352 e. The summed E-state index contributed by atoms with van der Waals surface area (Å²) < 4.78 is 1.80. The topological polar surface area (TPSA) is 46.4 Å². The maximum absolute atomic E-state index is 11.4. The summed E-state index contributed by atoms with van der Waals surface area (Å²) >= 11 is 0. The highest BCUT2D eigenvalue weighted by Gasteiger charge is 2.08. The third-order valence-corrected chi connectivity index (χ3v) is 2.48. The molecule has 0 aromatic carbocycles. The second-order valence-corrected chi connectivity index (χ2v) is 4.07. The number of nitrogens with one attached hydrogen (secondary N) is 1. The Balaban J connectivity index is 2.13. The van der Waals surface area contributed by atoms with Crippen molar-refractivity contribution >= 4 is 11.4 Å². The molecule has 4 nitrogen and oxygen atoms in total. The van der Waals surface area contributed by atoms with Crippen molar-refractivity contribution in [2.24, 2.45) is 5.92 Å². The number of aromatic nitrogens is 2. The summed E-state index contributed by atoms with van der Waals surface area (Å²) in [5, 5.41) is 7.09. The van der Waals surface area contributed by atoms with E-state index >= 15 is 0 Å². The fraction of sp³-hybridized carbons (Fsp3) is 0.333. The maximum atomic E-state index is 11.4. The zero-order valence-corrected chi connectivity index (χ0v) is 9.47. The monoisotopic (exact) mass is 217 g/mol. The number of carbonyl (C=O) groups is 1. The lowest BCUT2D eigenvalue weighted by Crippen LogP contribution is -2.26. The van der Waals surface area contributed by atoms with Crippen LogP contribution in [0.5, 0.6) is 0 Å². The first-order valence-electron chi connectivity index (χ1n) is 5.37. The van der Waals surface area contributed by atoms with Gasteiger partial charge in [-0.1, -0.05) is 19.9 Å². The fourth-order valence-electron chi connectivity index (χ4n) is 1.51. The summed E-state index contributed by atoms with van der Waals surface area (Å²) in [6.45, 7) is 4.29. The zero-order valence-electron chi connectivity index (χ0n) is 9.47. The van der Waals surface area contributed by atoms with E-state index < -0.39 is 0 Å². The van der Waals surface area contributed by atoms with Crippen LogP contribution in [0, 0.1) is 5.92 Å². The first kappa shape index (κ1) is 10.7. The third kappa shape index (κ3) is 2.05. The van der Waals surface area contributed by atoms with Gasteiger partial charge in [0, 0.05) is 24.2 Å². The molecule has 0 saturated heterocycles. The Morgan fingerprint density at radius 2 is 2.31 bits per heavy atom. The quantitative estimate of drug-likeness (QED) is 0.849. The maximum Gasteiger partial charge on any atom is 0.222 e. The molecule has 0 radical (unpaired) electrons. The predicted octanol–water partition coefficient (Wildman–Crippen LogP) is 1.61. The molecule has 0 aliphatic heterocycles. The summed E-state index contributed by atoms with van der Waals surface area (Å²) in [5.74, 6) is 0.0807. The van der Waals surface area contributed by atoms with Gasteiger partial charge in [-0.05, 0) is 12.1 Å². The van der Waals surface area contributed by atoms with E-state index in [1.54, 1.807) is 10.7 Å². The Kier molecular flexibility index (Phi) is 2.90. The van der Waals surface area contributed by atoms with Crippen molar-refractivity contribution in [3.8, 4) is 0 Å². The van der Waals surface area contributed by atoms with Gasteiger partial charge in [0.05, 0.1) is 11.7 Å². The number of amides is 1. The van der Waals surface area contributed by atoms with Crippen LogP contribution in [-0.2, 0) is 11.3 Å². The summed E-state index contributed by atoms with van der Waals surface area (Å²) in [6.07, 6.45) is 3.68.